The van der Waals surface area contributed by atoms with Gasteiger partial charge in [-0.2, -0.15) is 0 Å². The summed E-state index contributed by atoms with van der Waals surface area (Å²) in [4.78, 5) is 121. The first-order chi connectivity index (χ1) is 63.5. The number of pyridine rings is 5. The number of nitrogens with zero attached hydrogens (tertiary/aromatic N) is 7. The van der Waals surface area contributed by atoms with Crippen molar-refractivity contribution < 1.29 is 72.0 Å². The van der Waals surface area contributed by atoms with E-state index in [-0.39, 0.29) is 87.1 Å². The highest BCUT2D eigenvalue weighted by atomic mass is 127. The Labute approximate surface area is 781 Å². The van der Waals surface area contributed by atoms with E-state index in [1.807, 2.05) is 116 Å². The molecule has 6 aromatic heterocycles. The molecule has 6 fully saturated rings. The van der Waals surface area contributed by atoms with Crippen molar-refractivity contribution >= 4 is 116 Å². The number of ether oxygens (including phenoxy) is 8. The lowest BCUT2D eigenvalue weighted by atomic mass is 9.91. The van der Waals surface area contributed by atoms with Crippen LogP contribution in [0.25, 0.3) is 64.6 Å². The lowest BCUT2D eigenvalue weighted by molar-refractivity contribution is -0.383. The van der Waals surface area contributed by atoms with E-state index in [1.165, 1.54) is 123 Å². The molecule has 706 valence electrons. The number of carbonyl (C=O) groups excluding carboxylic acids is 2. The van der Waals surface area contributed by atoms with Crippen LogP contribution >= 0.6 is 22.6 Å². The normalized spacial score (nSPS) is 19.4. The molecule has 4 N–H and O–H groups in total. The average molecular weight is 1940 g/mol. The summed E-state index contributed by atoms with van der Waals surface area (Å²) < 4.78 is 58.7. The molecule has 4 aliphatic heterocycles. The fourth-order valence-corrected chi connectivity index (χ4v) is 18.7. The SMILES string of the molecule is CC1(C)OCC(Cn2ccc3c(C(=O)CCC4CCCCCC4)cccc3c2=O)O1.CC1(C)OCC(Cn2ccc3c(I)cccc3c2=O)O1.CC1(C)OCC(Cn2ccc3c(N)cccc3c2=O)O1.CC1(C)OCC(Cn2ccc3c([N+](=O)[O-])cccc3c2=O)O1.O=C(CCC1CCCCCC1)c1cccc2c(=O)n(CC(O)CO)ccc12.O=c1occc2c([N+](=O)[O-])cccc12. The molecule has 6 aromatic carbocycles. The zero-order valence-electron chi connectivity index (χ0n) is 76.3. The number of ketones is 2. The van der Waals surface area contributed by atoms with Crippen molar-refractivity contribution in [2.45, 2.75) is 245 Å². The fraction of sp³-hybridized carbons (Fsp3) is 0.446. The van der Waals surface area contributed by atoms with Gasteiger partial charge in [-0.15, -0.1) is 0 Å². The van der Waals surface area contributed by atoms with E-state index in [2.05, 4.69) is 27.0 Å². The zero-order valence-corrected chi connectivity index (χ0v) is 78.5. The number of halogens is 1. The number of benzene rings is 6. The third kappa shape index (κ3) is 25.7. The number of hydrogen-bond donors (Lipinski definition) is 3. The molecule has 32 heteroatoms. The second-order valence-electron chi connectivity index (χ2n) is 36.4. The van der Waals surface area contributed by atoms with Crippen LogP contribution in [0.5, 0.6) is 0 Å². The summed E-state index contributed by atoms with van der Waals surface area (Å²) in [5.74, 6) is -0.832. The monoisotopic (exact) mass is 1940 g/mol. The van der Waals surface area contributed by atoms with Gasteiger partial charge >= 0.3 is 5.63 Å². The molecular formula is C101H117IN8O23. The highest BCUT2D eigenvalue weighted by molar-refractivity contribution is 14.1. The van der Waals surface area contributed by atoms with Crippen LogP contribution in [0.3, 0.4) is 0 Å². The van der Waals surface area contributed by atoms with Gasteiger partial charge in [0, 0.05) is 109 Å². The maximum Gasteiger partial charge on any atom is 0.343 e. The van der Waals surface area contributed by atoms with Crippen LogP contribution in [0.4, 0.5) is 17.1 Å². The van der Waals surface area contributed by atoms with Gasteiger partial charge in [0.05, 0.1) is 110 Å². The summed E-state index contributed by atoms with van der Waals surface area (Å²) in [6.07, 6.45) is 26.4. The molecule has 0 spiro atoms. The quantitative estimate of drug-likeness (QED) is 0.0150. The molecule has 4 saturated heterocycles. The number of non-ortho nitro benzene ring substituents is 2. The summed E-state index contributed by atoms with van der Waals surface area (Å²) in [6, 6.07) is 41.2. The average Bonchev–Trinajstić information content (AvgIpc) is 1.74. The van der Waals surface area contributed by atoms with Gasteiger partial charge in [0.1, 0.15) is 24.4 Å². The number of carbonyl (C=O) groups is 2. The first-order valence-corrected chi connectivity index (χ1v) is 46.5. The zero-order chi connectivity index (χ0) is 95.1. The summed E-state index contributed by atoms with van der Waals surface area (Å²) in [7, 11) is 0. The van der Waals surface area contributed by atoms with E-state index in [9.17, 15) is 63.7 Å². The van der Waals surface area contributed by atoms with Gasteiger partial charge in [-0.25, -0.2) is 4.79 Å². The van der Waals surface area contributed by atoms with Crippen LogP contribution in [0.15, 0.2) is 216 Å². The van der Waals surface area contributed by atoms with Crippen molar-refractivity contribution in [2.75, 3.05) is 38.8 Å². The Morgan fingerprint density at radius 1 is 0.414 bits per heavy atom. The van der Waals surface area contributed by atoms with Crippen molar-refractivity contribution in [3.63, 3.8) is 0 Å². The number of aromatic nitrogens is 5. The Balaban J connectivity index is 0.000000137. The van der Waals surface area contributed by atoms with Crippen LogP contribution in [0, 0.1) is 35.6 Å². The predicted molar refractivity (Wildman–Crippen MR) is 516 cm³/mol. The maximum atomic E-state index is 13.1. The smallest absolute Gasteiger partial charge is 0.343 e. The summed E-state index contributed by atoms with van der Waals surface area (Å²) in [5.41, 5.74) is 6.43. The van der Waals surface area contributed by atoms with E-state index in [0.717, 1.165) is 44.2 Å². The van der Waals surface area contributed by atoms with Gasteiger partial charge in [0.15, 0.2) is 34.7 Å². The highest BCUT2D eigenvalue weighted by Gasteiger charge is 2.37. The van der Waals surface area contributed by atoms with Crippen LogP contribution < -0.4 is 39.2 Å². The van der Waals surface area contributed by atoms with E-state index in [0.29, 0.717) is 132 Å². The molecule has 6 aliphatic rings. The second kappa shape index (κ2) is 44.3. The Hall–Kier alpha value is -11.2. The lowest BCUT2D eigenvalue weighted by Crippen LogP contribution is -2.29. The Morgan fingerprint density at radius 2 is 0.729 bits per heavy atom. The molecule has 12 aromatic rings. The molecule has 5 atom stereocenters. The minimum Gasteiger partial charge on any atom is -0.431 e. The number of nitrogens with two attached hydrogens (primary N) is 1. The molecule has 2 aliphatic carbocycles. The highest BCUT2D eigenvalue weighted by Crippen LogP contribution is 2.34. The molecule has 133 heavy (non-hydrogen) atoms. The summed E-state index contributed by atoms with van der Waals surface area (Å²) in [5, 5.41) is 47.1. The molecule has 0 amide bonds. The number of aliphatic hydroxyl groups excluding tert-OH is 2. The first kappa shape index (κ1) is 99.3. The van der Waals surface area contributed by atoms with E-state index in [4.69, 9.17) is 48.7 Å². The number of anilines is 1. The number of nitro groups is 2. The van der Waals surface area contributed by atoms with Crippen molar-refractivity contribution in [3.05, 3.63) is 280 Å². The maximum absolute atomic E-state index is 13.1. The van der Waals surface area contributed by atoms with E-state index >= 15 is 0 Å². The fourth-order valence-electron chi connectivity index (χ4n) is 18.0. The van der Waals surface area contributed by atoms with Crippen LogP contribution in [-0.2, 0) is 70.6 Å². The van der Waals surface area contributed by atoms with Crippen molar-refractivity contribution in [3.8, 4) is 0 Å². The topological polar surface area (TPSA) is 401 Å². The minimum absolute atomic E-state index is 0.0225. The second-order valence-corrected chi connectivity index (χ2v) is 37.5. The van der Waals surface area contributed by atoms with Gasteiger partial charge in [-0.05, 0) is 198 Å². The van der Waals surface area contributed by atoms with E-state index in [1.54, 1.807) is 93.1 Å². The van der Waals surface area contributed by atoms with E-state index < -0.39 is 51.3 Å². The standard InChI is InChI=1S/C25H33NO4.C22H29NO4.C15H16INO3.C15H16N2O5.C15H18N2O3.C9H5NO4/c1-25(2)29-17-19(30-25)16-26-15-14-20-21(10-7-11-22(20)24(26)28)23(27)13-12-18-8-5-3-4-6-9-18;24-15-17(25)14-23-13-12-18-19(8-5-9-20(18)22(23)27)21(26)11-10-16-6-3-1-2-4-7-16;1-15(2)19-9-10(20-15)8-17-7-6-11-12(14(17)18)4-3-5-13(11)16;1-15(2)21-9-10(22-15)8-16-7-6-11-12(14(16)18)4-3-5-13(11)17(19)20;1-15(2)19-9-10(20-15)8-17-7-6-11-12(14(17)18)4-3-5-13(11)16;11-9-7-2-1-3-8(10(12)13)6(7)4-5-14-9/h7,10-11,14-15,18-19H,3-6,8-9,12-13,16-17H2,1-2H3;5,8-9,12-13,16-17,24-25H,1-4,6-7,10-11,14-15H2;3-7,10H,8-9H2,1-2H3;3-7,10H,8-9H2,1-2H3;3-7,10H,8-9,16H2,1-2H3;1-5H. The molecular weight excluding hydrogens is 1820 g/mol. The Morgan fingerprint density at radius 3 is 1.11 bits per heavy atom. The van der Waals surface area contributed by atoms with Gasteiger partial charge in [-0.3, -0.25) is 53.8 Å². The molecule has 0 bridgehead atoms. The van der Waals surface area contributed by atoms with Crippen LogP contribution in [0.2, 0.25) is 0 Å². The number of fused-ring (bicyclic) bond motifs is 6. The Bertz CT molecular complexity index is 6450. The number of Topliss-reactive ketones (excluding diaryl/α,β-unsaturated/α-hetero) is 2. The molecule has 31 nitrogen and oxygen atoms in total. The largest absolute Gasteiger partial charge is 0.431 e. The summed E-state index contributed by atoms with van der Waals surface area (Å²) in [6.45, 7) is 18.2. The predicted octanol–water partition coefficient (Wildman–Crippen LogP) is 16.6. The Kier molecular flexibility index (Phi) is 33.1. The van der Waals surface area contributed by atoms with Gasteiger partial charge in [0.2, 0.25) is 0 Å². The molecule has 10 heterocycles. The third-order valence-corrected chi connectivity index (χ3v) is 25.7. The number of nitrogen functional groups attached to an aromatic ring is 1. The van der Waals surface area contributed by atoms with Gasteiger partial charge in [0.25, 0.3) is 39.2 Å². The molecule has 18 rings (SSSR count). The van der Waals surface area contributed by atoms with Gasteiger partial charge in [-0.1, -0.05) is 126 Å². The molecule has 2 saturated carbocycles. The van der Waals surface area contributed by atoms with Crippen molar-refractivity contribution in [2.24, 2.45) is 11.8 Å². The number of nitro benzene ring substituents is 2. The number of aliphatic hydroxyl groups is 2. The number of rotatable bonds is 21. The first-order valence-electron chi connectivity index (χ1n) is 45.5. The van der Waals surface area contributed by atoms with Gasteiger partial charge < -0.3 is 81.1 Å². The van der Waals surface area contributed by atoms with Crippen molar-refractivity contribution in [1.29, 1.82) is 0 Å². The van der Waals surface area contributed by atoms with Crippen LogP contribution in [0.1, 0.15) is 179 Å². The molecule has 5 unspecified atom stereocenters. The lowest BCUT2D eigenvalue weighted by Gasteiger charge is -2.18. The van der Waals surface area contributed by atoms with Crippen LogP contribution in [-0.4, -0.2) is 141 Å². The van der Waals surface area contributed by atoms with Crippen molar-refractivity contribution in [1.82, 2.24) is 22.8 Å². The third-order valence-electron chi connectivity index (χ3n) is 24.8. The number of hydrogen-bond acceptors (Lipinski definition) is 24. The minimum atomic E-state index is -0.982. The summed E-state index contributed by atoms with van der Waals surface area (Å²) >= 11 is 2.25. The molecule has 0 radical (unpaired) electrons.